The zero-order valence-corrected chi connectivity index (χ0v) is 9.28. The summed E-state index contributed by atoms with van der Waals surface area (Å²) in [5.74, 6) is 0. The Labute approximate surface area is 84.3 Å². The maximum Gasteiger partial charge on any atom is 0.335 e. The fourth-order valence-electron chi connectivity index (χ4n) is 1.22. The van der Waals surface area contributed by atoms with Crippen LogP contribution in [0.1, 0.15) is 25.1 Å². The maximum absolute atomic E-state index is 11.6. The second kappa shape index (κ2) is 4.74. The van der Waals surface area contributed by atoms with E-state index in [9.17, 15) is 9.46 Å². The van der Waals surface area contributed by atoms with E-state index >= 15 is 0 Å². The molecule has 0 heterocycles. The highest BCUT2D eigenvalue weighted by Gasteiger charge is 2.28. The van der Waals surface area contributed by atoms with Crippen LogP contribution in [-0.2, 0) is 9.09 Å². The summed E-state index contributed by atoms with van der Waals surface area (Å²) in [6.45, 7) is 3.66. The minimum absolute atomic E-state index is 0.255. The Morgan fingerprint density at radius 3 is 2.50 bits per heavy atom. The first-order valence-electron chi connectivity index (χ1n) is 4.60. The SMILES string of the molecule is CCOP(=O)(O)C(C)c1ccccc1. The van der Waals surface area contributed by atoms with E-state index in [1.165, 1.54) is 0 Å². The molecule has 1 N–H and O–H groups in total. The van der Waals surface area contributed by atoms with Gasteiger partial charge in [-0.1, -0.05) is 30.3 Å². The van der Waals surface area contributed by atoms with Crippen molar-refractivity contribution in [3.63, 3.8) is 0 Å². The van der Waals surface area contributed by atoms with Crippen molar-refractivity contribution in [2.45, 2.75) is 19.5 Å². The standard InChI is InChI=1S/C10H15O3P/c1-3-13-14(11,12)9(2)10-7-5-4-6-8-10/h4-9H,3H2,1-2H3,(H,11,12). The summed E-state index contributed by atoms with van der Waals surface area (Å²) in [7, 11) is -3.51. The van der Waals surface area contributed by atoms with Crippen LogP contribution in [0.25, 0.3) is 0 Å². The van der Waals surface area contributed by atoms with Gasteiger partial charge in [0.05, 0.1) is 12.3 Å². The quantitative estimate of drug-likeness (QED) is 0.784. The molecule has 0 aromatic heterocycles. The summed E-state index contributed by atoms with van der Waals surface area (Å²) in [5, 5.41) is 0. The van der Waals surface area contributed by atoms with E-state index in [0.29, 0.717) is 0 Å². The van der Waals surface area contributed by atoms with E-state index in [4.69, 9.17) is 4.52 Å². The van der Waals surface area contributed by atoms with Crippen molar-refractivity contribution in [1.82, 2.24) is 0 Å². The van der Waals surface area contributed by atoms with Gasteiger partial charge in [0.1, 0.15) is 0 Å². The van der Waals surface area contributed by atoms with Crippen molar-refractivity contribution >= 4 is 7.60 Å². The van der Waals surface area contributed by atoms with Crippen LogP contribution in [0.3, 0.4) is 0 Å². The molecule has 0 radical (unpaired) electrons. The molecule has 2 unspecified atom stereocenters. The minimum atomic E-state index is -3.51. The number of rotatable bonds is 4. The van der Waals surface area contributed by atoms with E-state index in [1.807, 2.05) is 30.3 Å². The van der Waals surface area contributed by atoms with Gasteiger partial charge in [0, 0.05) is 0 Å². The van der Waals surface area contributed by atoms with Crippen LogP contribution in [0.4, 0.5) is 0 Å². The molecule has 0 fully saturated rings. The van der Waals surface area contributed by atoms with Crippen molar-refractivity contribution < 1.29 is 14.0 Å². The first-order chi connectivity index (χ1) is 6.58. The summed E-state index contributed by atoms with van der Waals surface area (Å²) in [5.41, 5.74) is 0.357. The summed E-state index contributed by atoms with van der Waals surface area (Å²) in [4.78, 5) is 9.57. The highest BCUT2D eigenvalue weighted by atomic mass is 31.2. The molecule has 0 aliphatic heterocycles. The molecule has 0 spiro atoms. The number of hydrogen-bond acceptors (Lipinski definition) is 2. The summed E-state index contributed by atoms with van der Waals surface area (Å²) >= 11 is 0. The summed E-state index contributed by atoms with van der Waals surface area (Å²) in [6, 6.07) is 9.22. The molecule has 0 amide bonds. The maximum atomic E-state index is 11.6. The molecule has 0 saturated heterocycles. The molecule has 1 aromatic rings. The Hall–Kier alpha value is -0.630. The van der Waals surface area contributed by atoms with E-state index < -0.39 is 13.3 Å². The fourth-order valence-corrected chi connectivity index (χ4v) is 2.36. The van der Waals surface area contributed by atoms with Crippen LogP contribution in [0.2, 0.25) is 0 Å². The molecular weight excluding hydrogens is 199 g/mol. The van der Waals surface area contributed by atoms with E-state index in [1.54, 1.807) is 13.8 Å². The third-order valence-electron chi connectivity index (χ3n) is 2.09. The van der Waals surface area contributed by atoms with Gasteiger partial charge in [0.25, 0.3) is 0 Å². The Bertz CT molecular complexity index is 323. The molecule has 0 bridgehead atoms. The van der Waals surface area contributed by atoms with Gasteiger partial charge >= 0.3 is 7.60 Å². The Morgan fingerprint density at radius 2 is 2.00 bits per heavy atom. The smallest absolute Gasteiger partial charge is 0.324 e. The van der Waals surface area contributed by atoms with Gasteiger partial charge in [-0.25, -0.2) is 0 Å². The molecule has 4 heteroatoms. The predicted octanol–water partition coefficient (Wildman–Crippen LogP) is 2.97. The molecule has 0 aliphatic rings. The van der Waals surface area contributed by atoms with Gasteiger partial charge < -0.3 is 9.42 Å². The van der Waals surface area contributed by atoms with Gasteiger partial charge in [0.15, 0.2) is 0 Å². The third kappa shape index (κ3) is 2.68. The molecule has 1 rings (SSSR count). The fraction of sp³-hybridized carbons (Fsp3) is 0.400. The van der Waals surface area contributed by atoms with Crippen LogP contribution in [0.5, 0.6) is 0 Å². The largest absolute Gasteiger partial charge is 0.335 e. The van der Waals surface area contributed by atoms with Gasteiger partial charge in [-0.2, -0.15) is 0 Å². The van der Waals surface area contributed by atoms with Crippen molar-refractivity contribution in [3.8, 4) is 0 Å². The first kappa shape index (κ1) is 11.4. The first-order valence-corrected chi connectivity index (χ1v) is 6.24. The van der Waals surface area contributed by atoms with Gasteiger partial charge in [-0.3, -0.25) is 4.57 Å². The Morgan fingerprint density at radius 1 is 1.43 bits per heavy atom. The van der Waals surface area contributed by atoms with E-state index in [2.05, 4.69) is 0 Å². The number of benzene rings is 1. The van der Waals surface area contributed by atoms with Gasteiger partial charge in [-0.05, 0) is 19.4 Å². The third-order valence-corrected chi connectivity index (χ3v) is 3.99. The van der Waals surface area contributed by atoms with Gasteiger partial charge in [-0.15, -0.1) is 0 Å². The molecule has 0 saturated carbocycles. The van der Waals surface area contributed by atoms with E-state index in [-0.39, 0.29) is 6.61 Å². The molecular formula is C10H15O3P. The summed E-state index contributed by atoms with van der Waals surface area (Å²) < 4.78 is 16.5. The second-order valence-corrected chi connectivity index (χ2v) is 5.23. The molecule has 0 aliphatic carbocycles. The van der Waals surface area contributed by atoms with Crippen molar-refractivity contribution in [1.29, 1.82) is 0 Å². The van der Waals surface area contributed by atoms with Crippen LogP contribution in [0.15, 0.2) is 30.3 Å². The Kier molecular flexibility index (Phi) is 3.87. The number of hydrogen-bond donors (Lipinski definition) is 1. The highest BCUT2D eigenvalue weighted by molar-refractivity contribution is 7.53. The van der Waals surface area contributed by atoms with Crippen molar-refractivity contribution in [2.24, 2.45) is 0 Å². The van der Waals surface area contributed by atoms with Crippen LogP contribution < -0.4 is 0 Å². The monoisotopic (exact) mass is 214 g/mol. The Balaban J connectivity index is 2.85. The normalized spacial score (nSPS) is 17.4. The average molecular weight is 214 g/mol. The zero-order chi connectivity index (χ0) is 10.6. The van der Waals surface area contributed by atoms with Crippen LogP contribution in [0, 0.1) is 0 Å². The minimum Gasteiger partial charge on any atom is -0.324 e. The second-order valence-electron chi connectivity index (χ2n) is 3.07. The lowest BCUT2D eigenvalue weighted by Gasteiger charge is -2.18. The molecule has 14 heavy (non-hydrogen) atoms. The van der Waals surface area contributed by atoms with Gasteiger partial charge in [0.2, 0.25) is 0 Å². The van der Waals surface area contributed by atoms with E-state index in [0.717, 1.165) is 5.56 Å². The molecule has 3 nitrogen and oxygen atoms in total. The van der Waals surface area contributed by atoms with Crippen molar-refractivity contribution in [3.05, 3.63) is 35.9 Å². The van der Waals surface area contributed by atoms with Crippen LogP contribution >= 0.6 is 7.60 Å². The topological polar surface area (TPSA) is 46.5 Å². The average Bonchev–Trinajstić information content (AvgIpc) is 2.18. The van der Waals surface area contributed by atoms with Crippen LogP contribution in [-0.4, -0.2) is 11.5 Å². The lowest BCUT2D eigenvalue weighted by molar-refractivity contribution is 0.266. The lowest BCUT2D eigenvalue weighted by atomic mass is 10.2. The molecule has 2 atom stereocenters. The zero-order valence-electron chi connectivity index (χ0n) is 8.38. The summed E-state index contributed by atoms with van der Waals surface area (Å²) in [6.07, 6.45) is 0. The van der Waals surface area contributed by atoms with Crippen molar-refractivity contribution in [2.75, 3.05) is 6.61 Å². The predicted molar refractivity (Wildman–Crippen MR) is 56.3 cm³/mol. The molecule has 78 valence electrons. The lowest BCUT2D eigenvalue weighted by Crippen LogP contribution is -1.98. The highest BCUT2D eigenvalue weighted by Crippen LogP contribution is 2.55. The molecule has 1 aromatic carbocycles.